The van der Waals surface area contributed by atoms with E-state index in [9.17, 15) is 9.59 Å². The average molecular weight is 409 g/mol. The molecule has 2 atom stereocenters. The minimum Gasteiger partial charge on any atom is -0.453 e. The Morgan fingerprint density at radius 1 is 1.21 bits per heavy atom. The Kier molecular flexibility index (Phi) is 5.62. The van der Waals surface area contributed by atoms with Gasteiger partial charge in [0, 0.05) is 18.2 Å². The molecule has 4 rings (SSSR count). The van der Waals surface area contributed by atoms with Crippen LogP contribution in [-0.4, -0.2) is 29.0 Å². The molecule has 150 valence electrons. The van der Waals surface area contributed by atoms with Crippen molar-refractivity contribution in [2.75, 3.05) is 4.90 Å². The minimum absolute atomic E-state index is 0.0695. The highest BCUT2D eigenvalue weighted by Gasteiger charge is 2.34. The molecule has 29 heavy (non-hydrogen) atoms. The molecular weight excluding hydrogens is 384 g/mol. The number of benzene rings is 2. The Morgan fingerprint density at radius 2 is 1.97 bits per heavy atom. The van der Waals surface area contributed by atoms with Crippen LogP contribution in [0, 0.1) is 0 Å². The van der Waals surface area contributed by atoms with E-state index in [-0.39, 0.29) is 24.3 Å². The van der Waals surface area contributed by atoms with Gasteiger partial charge in [-0.3, -0.25) is 9.59 Å². The Labute approximate surface area is 174 Å². The predicted octanol–water partition coefficient (Wildman–Crippen LogP) is 4.53. The number of rotatable bonds is 6. The number of carbonyl (C=O) groups is 2. The van der Waals surface area contributed by atoms with Crippen molar-refractivity contribution >= 4 is 39.1 Å². The third kappa shape index (κ3) is 4.17. The summed E-state index contributed by atoms with van der Waals surface area (Å²) in [6.45, 7) is 3.67. The van der Waals surface area contributed by atoms with Gasteiger partial charge in [0.05, 0.1) is 15.2 Å². The lowest BCUT2D eigenvalue weighted by Gasteiger charge is -2.25. The number of nitrogens with zero attached hydrogens (tertiary/aromatic N) is 2. The van der Waals surface area contributed by atoms with Crippen molar-refractivity contribution in [2.45, 2.75) is 51.7 Å². The van der Waals surface area contributed by atoms with E-state index in [1.165, 1.54) is 0 Å². The van der Waals surface area contributed by atoms with Crippen molar-refractivity contribution in [3.8, 4) is 0 Å². The van der Waals surface area contributed by atoms with Crippen molar-refractivity contribution in [3.63, 3.8) is 0 Å². The normalized spacial score (nSPS) is 16.6. The minimum atomic E-state index is -0.793. The summed E-state index contributed by atoms with van der Waals surface area (Å²) in [4.78, 5) is 31.5. The first-order chi connectivity index (χ1) is 14.0. The van der Waals surface area contributed by atoms with E-state index in [4.69, 9.17) is 4.74 Å². The fourth-order valence-electron chi connectivity index (χ4n) is 3.81. The second kappa shape index (κ2) is 8.33. The molecule has 0 saturated carbocycles. The molecule has 6 heteroatoms. The molecule has 0 fully saturated rings. The van der Waals surface area contributed by atoms with Crippen molar-refractivity contribution in [3.05, 3.63) is 59.1 Å². The molecule has 2 aromatic carbocycles. The van der Waals surface area contributed by atoms with Gasteiger partial charge in [0.15, 0.2) is 6.10 Å². The van der Waals surface area contributed by atoms with Crippen molar-refractivity contribution in [2.24, 2.45) is 0 Å². The fourth-order valence-corrected chi connectivity index (χ4v) is 4.82. The molecular formula is C23H24N2O3S. The molecule has 2 heterocycles. The summed E-state index contributed by atoms with van der Waals surface area (Å²) in [5.74, 6) is -0.505. The maximum atomic E-state index is 12.9. The van der Waals surface area contributed by atoms with Crippen molar-refractivity contribution in [1.29, 1.82) is 0 Å². The van der Waals surface area contributed by atoms with Gasteiger partial charge in [0.1, 0.15) is 0 Å². The molecule has 1 aliphatic rings. The molecule has 0 aliphatic carbocycles. The molecule has 1 aromatic heterocycles. The van der Waals surface area contributed by atoms with E-state index in [1.54, 1.807) is 23.2 Å². The van der Waals surface area contributed by atoms with Crippen LogP contribution in [0.25, 0.3) is 10.2 Å². The maximum Gasteiger partial charge on any atom is 0.306 e. The zero-order chi connectivity index (χ0) is 20.4. The number of carbonyl (C=O) groups excluding carboxylic acids is 2. The Morgan fingerprint density at radius 3 is 2.79 bits per heavy atom. The van der Waals surface area contributed by atoms with Gasteiger partial charge in [-0.25, -0.2) is 4.98 Å². The van der Waals surface area contributed by atoms with Gasteiger partial charge in [-0.15, -0.1) is 11.3 Å². The number of ether oxygens (including phenoxy) is 1. The van der Waals surface area contributed by atoms with Crippen LogP contribution < -0.4 is 4.90 Å². The summed E-state index contributed by atoms with van der Waals surface area (Å²) >= 11 is 1.65. The highest BCUT2D eigenvalue weighted by atomic mass is 32.1. The van der Waals surface area contributed by atoms with Gasteiger partial charge >= 0.3 is 5.97 Å². The monoisotopic (exact) mass is 408 g/mol. The molecule has 5 nitrogen and oxygen atoms in total. The number of para-hydroxylation sites is 2. The average Bonchev–Trinajstić information content (AvgIpc) is 3.26. The summed E-state index contributed by atoms with van der Waals surface area (Å²) in [7, 11) is 0. The van der Waals surface area contributed by atoms with Crippen LogP contribution in [0.2, 0.25) is 0 Å². The Bertz CT molecular complexity index is 1010. The molecule has 3 aromatic rings. The number of aryl methyl sites for hydroxylation is 1. The van der Waals surface area contributed by atoms with E-state index < -0.39 is 6.10 Å². The quantitative estimate of drug-likeness (QED) is 0.562. The zero-order valence-electron chi connectivity index (χ0n) is 16.6. The first-order valence-electron chi connectivity index (χ1n) is 9.98. The van der Waals surface area contributed by atoms with Gasteiger partial charge < -0.3 is 9.64 Å². The Hall–Kier alpha value is -2.73. The number of thiazole rings is 1. The molecule has 0 radical (unpaired) electrons. The van der Waals surface area contributed by atoms with Crippen LogP contribution in [-0.2, 0) is 27.2 Å². The molecule has 0 N–H and O–H groups in total. The van der Waals surface area contributed by atoms with Crippen LogP contribution in [0.3, 0.4) is 0 Å². The van der Waals surface area contributed by atoms with E-state index in [1.807, 2.05) is 49.4 Å². The third-order valence-electron chi connectivity index (χ3n) is 5.21. The summed E-state index contributed by atoms with van der Waals surface area (Å²) < 4.78 is 6.59. The number of hydrogen-bond donors (Lipinski definition) is 0. The number of esters is 1. The van der Waals surface area contributed by atoms with Crippen LogP contribution in [0.1, 0.15) is 37.3 Å². The van der Waals surface area contributed by atoms with E-state index >= 15 is 0 Å². The van der Waals surface area contributed by atoms with Crippen LogP contribution in [0.4, 0.5) is 5.69 Å². The molecule has 0 spiro atoms. The highest BCUT2D eigenvalue weighted by molar-refractivity contribution is 7.18. The second-order valence-electron chi connectivity index (χ2n) is 7.45. The lowest BCUT2D eigenvalue weighted by atomic mass is 10.1. The van der Waals surface area contributed by atoms with Gasteiger partial charge in [-0.05, 0) is 56.9 Å². The zero-order valence-corrected chi connectivity index (χ0v) is 17.4. The number of aromatic nitrogens is 1. The molecule has 0 saturated heterocycles. The molecule has 1 aliphatic heterocycles. The molecule has 1 amide bonds. The number of hydrogen-bond acceptors (Lipinski definition) is 5. The number of fused-ring (bicyclic) bond motifs is 2. The molecule has 0 unspecified atom stereocenters. The van der Waals surface area contributed by atoms with Gasteiger partial charge in [0.25, 0.3) is 5.91 Å². The summed E-state index contributed by atoms with van der Waals surface area (Å²) in [5.41, 5.74) is 3.07. The summed E-state index contributed by atoms with van der Waals surface area (Å²) in [6, 6.07) is 16.0. The smallest absolute Gasteiger partial charge is 0.306 e. The van der Waals surface area contributed by atoms with E-state index in [2.05, 4.69) is 11.1 Å². The lowest BCUT2D eigenvalue weighted by Crippen LogP contribution is -2.43. The van der Waals surface area contributed by atoms with Crippen LogP contribution >= 0.6 is 11.3 Å². The number of anilines is 1. The lowest BCUT2D eigenvalue weighted by molar-refractivity contribution is -0.154. The highest BCUT2D eigenvalue weighted by Crippen LogP contribution is 2.32. The SMILES string of the molecule is C[C@@H](OC(=O)CCCc1nc2ccccc2s1)C(=O)N1c2ccccc2C[C@@H]1C. The van der Waals surface area contributed by atoms with E-state index in [0.717, 1.165) is 39.3 Å². The summed E-state index contributed by atoms with van der Waals surface area (Å²) in [6.07, 6.45) is 1.69. The van der Waals surface area contributed by atoms with Gasteiger partial charge in [-0.2, -0.15) is 0 Å². The van der Waals surface area contributed by atoms with Gasteiger partial charge in [0.2, 0.25) is 0 Å². The first-order valence-corrected chi connectivity index (χ1v) is 10.8. The van der Waals surface area contributed by atoms with Crippen molar-refractivity contribution < 1.29 is 14.3 Å². The van der Waals surface area contributed by atoms with Crippen LogP contribution in [0.5, 0.6) is 0 Å². The maximum absolute atomic E-state index is 12.9. The first kappa shape index (κ1) is 19.6. The van der Waals surface area contributed by atoms with E-state index in [0.29, 0.717) is 6.42 Å². The molecule has 0 bridgehead atoms. The standard InChI is InChI=1S/C23H24N2O3S/c1-15-14-17-8-3-5-10-19(17)25(15)23(27)16(2)28-22(26)13-7-12-21-24-18-9-4-6-11-20(18)29-21/h3-6,8-11,15-16H,7,12-14H2,1-2H3/t15-,16+/m0/s1. The largest absolute Gasteiger partial charge is 0.453 e. The topological polar surface area (TPSA) is 59.5 Å². The number of amides is 1. The van der Waals surface area contributed by atoms with Crippen molar-refractivity contribution in [1.82, 2.24) is 4.98 Å². The van der Waals surface area contributed by atoms with Gasteiger partial charge in [-0.1, -0.05) is 30.3 Å². The fraction of sp³-hybridized carbons (Fsp3) is 0.348. The third-order valence-corrected chi connectivity index (χ3v) is 6.31. The second-order valence-corrected chi connectivity index (χ2v) is 8.57. The van der Waals surface area contributed by atoms with Crippen LogP contribution in [0.15, 0.2) is 48.5 Å². The summed E-state index contributed by atoms with van der Waals surface area (Å²) in [5, 5.41) is 1.02. The predicted molar refractivity (Wildman–Crippen MR) is 115 cm³/mol. The Balaban J connectivity index is 1.29.